The number of hydrogen-bond donors (Lipinski definition) is 1. The highest BCUT2D eigenvalue weighted by molar-refractivity contribution is 9.10. The lowest BCUT2D eigenvalue weighted by Gasteiger charge is -2.29. The molecule has 1 aromatic rings. The van der Waals surface area contributed by atoms with Crippen LogP contribution in [0.2, 0.25) is 0 Å². The normalized spacial score (nSPS) is 16.7. The average molecular weight is 355 g/mol. The number of esters is 1. The van der Waals surface area contributed by atoms with Gasteiger partial charge in [-0.25, -0.2) is 4.79 Å². The summed E-state index contributed by atoms with van der Waals surface area (Å²) in [5.41, 5.74) is 1.61. The Morgan fingerprint density at radius 3 is 2.76 bits per heavy atom. The third-order valence-corrected chi connectivity index (χ3v) is 4.56. The van der Waals surface area contributed by atoms with E-state index in [0.717, 1.165) is 22.6 Å². The third kappa shape index (κ3) is 4.71. The lowest BCUT2D eigenvalue weighted by atomic mass is 9.97. The van der Waals surface area contributed by atoms with E-state index in [0.29, 0.717) is 12.2 Å². The molecule has 0 unspecified atom stereocenters. The molecule has 1 heterocycles. The molecule has 5 heteroatoms. The van der Waals surface area contributed by atoms with E-state index in [1.807, 2.05) is 19.1 Å². The topological polar surface area (TPSA) is 41.6 Å². The zero-order chi connectivity index (χ0) is 15.2. The summed E-state index contributed by atoms with van der Waals surface area (Å²) >= 11 is 3.52. The van der Waals surface area contributed by atoms with Gasteiger partial charge in [-0.15, -0.1) is 0 Å². The van der Waals surface area contributed by atoms with Crippen molar-refractivity contribution >= 4 is 27.6 Å². The number of hydrogen-bond acceptors (Lipinski definition) is 4. The van der Waals surface area contributed by atoms with Crippen LogP contribution in [-0.2, 0) is 4.74 Å². The number of nitrogens with zero attached hydrogens (tertiary/aromatic N) is 1. The minimum Gasteiger partial charge on any atom is -0.462 e. The Bertz CT molecular complexity index is 485. The second-order valence-corrected chi connectivity index (χ2v) is 6.40. The van der Waals surface area contributed by atoms with Gasteiger partial charge in [0.2, 0.25) is 0 Å². The van der Waals surface area contributed by atoms with Crippen molar-refractivity contribution in [2.75, 3.05) is 38.6 Å². The molecular weight excluding hydrogens is 332 g/mol. The van der Waals surface area contributed by atoms with E-state index < -0.39 is 0 Å². The molecule has 1 aromatic carbocycles. The number of nitrogens with one attached hydrogen (secondary N) is 1. The molecule has 116 valence electrons. The predicted octanol–water partition coefficient (Wildman–Crippen LogP) is 3.38. The number of ether oxygens (including phenoxy) is 1. The SMILES string of the molecule is CCOC(=O)c1ccc(NCC2CCN(C)CC2)c(Br)c1. The molecule has 0 bridgehead atoms. The summed E-state index contributed by atoms with van der Waals surface area (Å²) in [7, 11) is 2.17. The van der Waals surface area contributed by atoms with Crippen LogP contribution in [0.3, 0.4) is 0 Å². The zero-order valence-corrected chi connectivity index (χ0v) is 14.3. The third-order valence-electron chi connectivity index (χ3n) is 3.90. The van der Waals surface area contributed by atoms with Crippen molar-refractivity contribution in [3.05, 3.63) is 28.2 Å². The Labute approximate surface area is 135 Å². The Morgan fingerprint density at radius 1 is 1.43 bits per heavy atom. The van der Waals surface area contributed by atoms with Crippen LogP contribution in [0.4, 0.5) is 5.69 Å². The first-order chi connectivity index (χ1) is 10.1. The van der Waals surface area contributed by atoms with Crippen LogP contribution in [0.1, 0.15) is 30.1 Å². The maximum absolute atomic E-state index is 11.7. The molecule has 1 aliphatic heterocycles. The number of rotatable bonds is 5. The summed E-state index contributed by atoms with van der Waals surface area (Å²) < 4.78 is 5.91. The smallest absolute Gasteiger partial charge is 0.338 e. The molecule has 0 aromatic heterocycles. The number of piperidine rings is 1. The number of anilines is 1. The van der Waals surface area contributed by atoms with Crippen molar-refractivity contribution in [1.82, 2.24) is 4.90 Å². The summed E-state index contributed by atoms with van der Waals surface area (Å²) in [5.74, 6) is 0.443. The Hall–Kier alpha value is -1.07. The molecule has 1 fully saturated rings. The van der Waals surface area contributed by atoms with Crippen LogP contribution in [0.5, 0.6) is 0 Å². The van der Waals surface area contributed by atoms with E-state index in [4.69, 9.17) is 4.74 Å². The molecule has 1 N–H and O–H groups in total. The van der Waals surface area contributed by atoms with Gasteiger partial charge in [0.05, 0.1) is 12.2 Å². The van der Waals surface area contributed by atoms with Crippen LogP contribution in [0.25, 0.3) is 0 Å². The minimum atomic E-state index is -0.278. The van der Waals surface area contributed by atoms with Gasteiger partial charge in [0.25, 0.3) is 0 Å². The van der Waals surface area contributed by atoms with Crippen molar-refractivity contribution in [2.45, 2.75) is 19.8 Å². The predicted molar refractivity (Wildman–Crippen MR) is 88.8 cm³/mol. The van der Waals surface area contributed by atoms with Crippen molar-refractivity contribution in [2.24, 2.45) is 5.92 Å². The summed E-state index contributed by atoms with van der Waals surface area (Å²) in [6.45, 7) is 5.53. The monoisotopic (exact) mass is 354 g/mol. The van der Waals surface area contributed by atoms with Crippen LogP contribution < -0.4 is 5.32 Å². The number of halogens is 1. The van der Waals surface area contributed by atoms with Crippen LogP contribution in [0, 0.1) is 5.92 Å². The standard InChI is InChI=1S/C16H23BrN2O2/c1-3-21-16(20)13-4-5-15(14(17)10-13)18-11-12-6-8-19(2)9-7-12/h4-5,10,12,18H,3,6-9,11H2,1-2H3. The number of likely N-dealkylation sites (tertiary alicyclic amines) is 1. The fourth-order valence-corrected chi connectivity index (χ4v) is 3.04. The first-order valence-electron chi connectivity index (χ1n) is 7.49. The van der Waals surface area contributed by atoms with Gasteiger partial charge < -0.3 is 15.0 Å². The van der Waals surface area contributed by atoms with E-state index in [-0.39, 0.29) is 5.97 Å². The Kier molecular flexibility index (Phi) is 6.06. The lowest BCUT2D eigenvalue weighted by Crippen LogP contribution is -2.32. The van der Waals surface area contributed by atoms with Gasteiger partial charge >= 0.3 is 5.97 Å². The Balaban J connectivity index is 1.90. The maximum Gasteiger partial charge on any atom is 0.338 e. The van der Waals surface area contributed by atoms with E-state index in [1.54, 1.807) is 6.07 Å². The molecule has 1 saturated heterocycles. The van der Waals surface area contributed by atoms with Gasteiger partial charge in [0.15, 0.2) is 0 Å². The number of benzene rings is 1. The van der Waals surface area contributed by atoms with Crippen molar-refractivity contribution in [3.8, 4) is 0 Å². The fraction of sp³-hybridized carbons (Fsp3) is 0.562. The molecular formula is C16H23BrN2O2. The highest BCUT2D eigenvalue weighted by Gasteiger charge is 2.17. The van der Waals surface area contributed by atoms with Gasteiger partial charge in [-0.1, -0.05) is 0 Å². The molecule has 0 aliphatic carbocycles. The maximum atomic E-state index is 11.7. The fourth-order valence-electron chi connectivity index (χ4n) is 2.52. The van der Waals surface area contributed by atoms with Gasteiger partial charge in [0, 0.05) is 16.7 Å². The second-order valence-electron chi connectivity index (χ2n) is 5.54. The second kappa shape index (κ2) is 7.80. The van der Waals surface area contributed by atoms with Gasteiger partial charge in [0.1, 0.15) is 0 Å². The molecule has 0 radical (unpaired) electrons. The molecule has 0 atom stereocenters. The molecule has 0 saturated carbocycles. The largest absolute Gasteiger partial charge is 0.462 e. The highest BCUT2D eigenvalue weighted by atomic mass is 79.9. The number of carbonyl (C=O) groups is 1. The van der Waals surface area contributed by atoms with Gasteiger partial charge in [-0.3, -0.25) is 0 Å². The van der Waals surface area contributed by atoms with Crippen LogP contribution in [-0.4, -0.2) is 44.2 Å². The molecule has 0 amide bonds. The lowest BCUT2D eigenvalue weighted by molar-refractivity contribution is 0.0526. The Morgan fingerprint density at radius 2 is 2.14 bits per heavy atom. The first kappa shape index (κ1) is 16.3. The zero-order valence-electron chi connectivity index (χ0n) is 12.7. The van der Waals surface area contributed by atoms with Crippen LogP contribution >= 0.6 is 15.9 Å². The minimum absolute atomic E-state index is 0.278. The van der Waals surface area contributed by atoms with E-state index in [9.17, 15) is 4.79 Å². The van der Waals surface area contributed by atoms with Crippen molar-refractivity contribution in [1.29, 1.82) is 0 Å². The van der Waals surface area contributed by atoms with Gasteiger partial charge in [-0.2, -0.15) is 0 Å². The molecule has 4 nitrogen and oxygen atoms in total. The number of carbonyl (C=O) groups excluding carboxylic acids is 1. The summed E-state index contributed by atoms with van der Waals surface area (Å²) in [6.07, 6.45) is 2.48. The molecule has 0 spiro atoms. The highest BCUT2D eigenvalue weighted by Crippen LogP contribution is 2.25. The van der Waals surface area contributed by atoms with E-state index >= 15 is 0 Å². The summed E-state index contributed by atoms with van der Waals surface area (Å²) in [4.78, 5) is 14.1. The first-order valence-corrected chi connectivity index (χ1v) is 8.28. The summed E-state index contributed by atoms with van der Waals surface area (Å²) in [5, 5.41) is 3.48. The quantitative estimate of drug-likeness (QED) is 0.823. The van der Waals surface area contributed by atoms with Crippen molar-refractivity contribution in [3.63, 3.8) is 0 Å². The molecule has 21 heavy (non-hydrogen) atoms. The summed E-state index contributed by atoms with van der Waals surface area (Å²) in [6, 6.07) is 5.56. The van der Waals surface area contributed by atoms with E-state index in [1.165, 1.54) is 25.9 Å². The van der Waals surface area contributed by atoms with Gasteiger partial charge in [-0.05, 0) is 79.9 Å². The average Bonchev–Trinajstić information content (AvgIpc) is 2.48. The van der Waals surface area contributed by atoms with Crippen molar-refractivity contribution < 1.29 is 9.53 Å². The molecule has 1 aliphatic rings. The van der Waals surface area contributed by atoms with Crippen LogP contribution in [0.15, 0.2) is 22.7 Å². The van der Waals surface area contributed by atoms with E-state index in [2.05, 4.69) is 33.2 Å². The molecule has 2 rings (SSSR count).